The van der Waals surface area contributed by atoms with E-state index in [2.05, 4.69) is 67.6 Å². The summed E-state index contributed by atoms with van der Waals surface area (Å²) in [5, 5.41) is -0.0100. The number of hydrogen-bond donors (Lipinski definition) is 0. The first-order valence-electron chi connectivity index (χ1n) is 16.6. The van der Waals surface area contributed by atoms with Gasteiger partial charge in [0.05, 0.1) is 30.4 Å². The normalized spacial score (nSPS) is 20.0. The SMILES string of the molecule is CC(C)(C)OC(=O)N(C[C@@H]1CCc2cc(B3OC(C)(C)C(C)(C)O3)ccc2O1)C[C@@H](COc1ccccc1)O[Si](C)(C)C(C)(C)C. The lowest BCUT2D eigenvalue weighted by atomic mass is 9.77. The fourth-order valence-electron chi connectivity index (χ4n) is 5.18. The number of nitrogens with zero attached hydrogens (tertiary/aromatic N) is 1. The number of para-hydroxylation sites is 1. The minimum atomic E-state index is -2.20. The van der Waals surface area contributed by atoms with Gasteiger partial charge in [-0.2, -0.15) is 0 Å². The molecule has 2 aliphatic rings. The lowest BCUT2D eigenvalue weighted by Crippen LogP contribution is -2.52. The number of benzene rings is 2. The largest absolute Gasteiger partial charge is 0.494 e. The van der Waals surface area contributed by atoms with Crippen LogP contribution in [0.25, 0.3) is 0 Å². The molecule has 2 atom stereocenters. The summed E-state index contributed by atoms with van der Waals surface area (Å²) in [6, 6.07) is 15.9. The molecule has 1 fully saturated rings. The van der Waals surface area contributed by atoms with Crippen LogP contribution in [0.15, 0.2) is 48.5 Å². The van der Waals surface area contributed by atoms with Crippen molar-refractivity contribution >= 4 is 27.0 Å². The van der Waals surface area contributed by atoms with Crippen LogP contribution in [0, 0.1) is 0 Å². The third kappa shape index (κ3) is 9.08. The number of aryl methyl sites for hydroxylation is 1. The van der Waals surface area contributed by atoms with Gasteiger partial charge in [-0.3, -0.25) is 0 Å². The summed E-state index contributed by atoms with van der Waals surface area (Å²) in [5.74, 6) is 1.59. The second kappa shape index (κ2) is 13.5. The summed E-state index contributed by atoms with van der Waals surface area (Å²) in [6.45, 7) is 26.0. The zero-order chi connectivity index (χ0) is 34.1. The minimum Gasteiger partial charge on any atom is -0.491 e. The number of carbonyl (C=O) groups is 1. The van der Waals surface area contributed by atoms with Gasteiger partial charge >= 0.3 is 13.2 Å². The Balaban J connectivity index is 1.52. The van der Waals surface area contributed by atoms with Crippen LogP contribution in [0.4, 0.5) is 4.79 Å². The Bertz CT molecular complexity index is 1320. The molecule has 2 aromatic carbocycles. The van der Waals surface area contributed by atoms with Crippen molar-refractivity contribution in [1.82, 2.24) is 4.90 Å². The zero-order valence-corrected chi connectivity index (χ0v) is 31.2. The molecule has 0 bridgehead atoms. The van der Waals surface area contributed by atoms with Crippen molar-refractivity contribution in [3.8, 4) is 11.5 Å². The van der Waals surface area contributed by atoms with Crippen LogP contribution < -0.4 is 14.9 Å². The molecule has 4 rings (SSSR count). The number of fused-ring (bicyclic) bond motifs is 1. The average Bonchev–Trinajstić information content (AvgIpc) is 3.16. The molecule has 1 saturated heterocycles. The van der Waals surface area contributed by atoms with Gasteiger partial charge in [0.2, 0.25) is 0 Å². The molecule has 1 amide bonds. The Labute approximate surface area is 278 Å². The predicted molar refractivity (Wildman–Crippen MR) is 187 cm³/mol. The zero-order valence-electron chi connectivity index (χ0n) is 30.2. The van der Waals surface area contributed by atoms with Gasteiger partial charge in [0.15, 0.2) is 8.32 Å². The lowest BCUT2D eigenvalue weighted by Gasteiger charge is -2.41. The maximum absolute atomic E-state index is 13.7. The molecule has 2 aliphatic heterocycles. The van der Waals surface area contributed by atoms with E-state index < -0.39 is 32.2 Å². The highest BCUT2D eigenvalue weighted by molar-refractivity contribution is 6.74. The van der Waals surface area contributed by atoms with Crippen molar-refractivity contribution < 1.29 is 32.7 Å². The molecule has 10 heteroatoms. The summed E-state index contributed by atoms with van der Waals surface area (Å²) in [7, 11) is -2.62. The fraction of sp³-hybridized carbons (Fsp3) is 0.639. The molecule has 254 valence electrons. The molecule has 0 radical (unpaired) electrons. The first-order chi connectivity index (χ1) is 21.2. The third-order valence-corrected chi connectivity index (χ3v) is 14.1. The summed E-state index contributed by atoms with van der Waals surface area (Å²) >= 11 is 0. The van der Waals surface area contributed by atoms with Crippen molar-refractivity contribution in [2.75, 3.05) is 19.7 Å². The Morgan fingerprint density at radius 2 is 1.63 bits per heavy atom. The van der Waals surface area contributed by atoms with E-state index in [1.54, 1.807) is 4.90 Å². The van der Waals surface area contributed by atoms with E-state index in [9.17, 15) is 4.79 Å². The molecule has 0 saturated carbocycles. The summed E-state index contributed by atoms with van der Waals surface area (Å²) in [4.78, 5) is 15.4. The average molecular weight is 654 g/mol. The quantitative estimate of drug-likeness (QED) is 0.248. The third-order valence-electron chi connectivity index (χ3n) is 9.59. The predicted octanol–water partition coefficient (Wildman–Crippen LogP) is 7.39. The molecule has 2 aromatic rings. The van der Waals surface area contributed by atoms with Gasteiger partial charge in [-0.15, -0.1) is 0 Å². The van der Waals surface area contributed by atoms with E-state index >= 15 is 0 Å². The van der Waals surface area contributed by atoms with Crippen molar-refractivity contribution in [3.05, 3.63) is 54.1 Å². The molecular formula is C36H56BNO7Si. The molecule has 0 spiro atoms. The van der Waals surface area contributed by atoms with Crippen LogP contribution in [0.5, 0.6) is 11.5 Å². The van der Waals surface area contributed by atoms with Gasteiger partial charge in [-0.1, -0.05) is 51.1 Å². The van der Waals surface area contributed by atoms with E-state index in [4.69, 9.17) is 27.9 Å². The van der Waals surface area contributed by atoms with Crippen LogP contribution in [0.3, 0.4) is 0 Å². The van der Waals surface area contributed by atoms with E-state index in [1.165, 1.54) is 0 Å². The smallest absolute Gasteiger partial charge is 0.491 e. The Morgan fingerprint density at radius 1 is 1.00 bits per heavy atom. The van der Waals surface area contributed by atoms with Crippen molar-refractivity contribution in [2.24, 2.45) is 0 Å². The molecule has 0 N–H and O–H groups in total. The van der Waals surface area contributed by atoms with E-state index in [0.717, 1.165) is 35.4 Å². The second-order valence-electron chi connectivity index (χ2n) is 16.2. The fourth-order valence-corrected chi connectivity index (χ4v) is 6.51. The summed E-state index contributed by atoms with van der Waals surface area (Å²) in [5.41, 5.74) is 0.647. The number of ether oxygens (including phenoxy) is 3. The van der Waals surface area contributed by atoms with Crippen molar-refractivity contribution in [3.63, 3.8) is 0 Å². The Hall–Kier alpha value is -2.53. The van der Waals surface area contributed by atoms with Crippen LogP contribution in [0.2, 0.25) is 18.1 Å². The molecule has 2 heterocycles. The minimum absolute atomic E-state index is 0.0100. The maximum Gasteiger partial charge on any atom is 0.494 e. The molecule has 0 aromatic heterocycles. The molecule has 8 nitrogen and oxygen atoms in total. The standard InChI is InChI=1S/C36H56BNO7Si/c1-33(2,3)42-32(39)38(24-30(43-46(11,12)34(4,5)6)25-40-28-16-14-13-15-17-28)23-29-20-18-26-22-27(19-21-31(26)41-29)37-44-35(7,8)36(9,10)45-37/h13-17,19,21-22,29-30H,18,20,23-25H2,1-12H3/t29-,30-/m0/s1. The Kier molecular flexibility index (Phi) is 10.7. The summed E-state index contributed by atoms with van der Waals surface area (Å²) in [6.07, 6.45) is 0.629. The molecule has 46 heavy (non-hydrogen) atoms. The van der Waals surface area contributed by atoms with Crippen molar-refractivity contribution in [2.45, 2.75) is 129 Å². The number of carbonyl (C=O) groups excluding carboxylic acids is 1. The maximum atomic E-state index is 13.7. The van der Waals surface area contributed by atoms with Crippen LogP contribution >= 0.6 is 0 Å². The van der Waals surface area contributed by atoms with Crippen LogP contribution in [0.1, 0.15) is 81.2 Å². The molecular weight excluding hydrogens is 597 g/mol. The van der Waals surface area contributed by atoms with Gasteiger partial charge in [0.25, 0.3) is 0 Å². The highest BCUT2D eigenvalue weighted by Gasteiger charge is 2.52. The highest BCUT2D eigenvalue weighted by Crippen LogP contribution is 2.38. The lowest BCUT2D eigenvalue weighted by molar-refractivity contribution is 0.000516. The number of rotatable bonds is 10. The van der Waals surface area contributed by atoms with E-state index in [1.807, 2.05) is 63.2 Å². The van der Waals surface area contributed by atoms with Gasteiger partial charge in [0, 0.05) is 0 Å². The summed E-state index contributed by atoms with van der Waals surface area (Å²) < 4.78 is 38.0. The first-order valence-corrected chi connectivity index (χ1v) is 19.6. The van der Waals surface area contributed by atoms with Crippen molar-refractivity contribution in [1.29, 1.82) is 0 Å². The number of amides is 1. The van der Waals surface area contributed by atoms with Crippen LogP contribution in [-0.4, -0.2) is 75.1 Å². The topological polar surface area (TPSA) is 75.7 Å². The highest BCUT2D eigenvalue weighted by atomic mass is 28.4. The van der Waals surface area contributed by atoms with Gasteiger partial charge < -0.3 is 32.8 Å². The monoisotopic (exact) mass is 653 g/mol. The van der Waals surface area contributed by atoms with Gasteiger partial charge in [-0.25, -0.2) is 4.79 Å². The first kappa shape index (κ1) is 36.3. The van der Waals surface area contributed by atoms with E-state index in [0.29, 0.717) is 19.7 Å². The number of hydrogen-bond acceptors (Lipinski definition) is 7. The van der Waals surface area contributed by atoms with E-state index in [-0.39, 0.29) is 23.3 Å². The Morgan fingerprint density at radius 3 is 2.22 bits per heavy atom. The molecule has 0 aliphatic carbocycles. The second-order valence-corrected chi connectivity index (χ2v) is 21.0. The van der Waals surface area contributed by atoms with Crippen LogP contribution in [-0.2, 0) is 24.9 Å². The van der Waals surface area contributed by atoms with Gasteiger partial charge in [-0.05, 0) is 109 Å². The molecule has 0 unspecified atom stereocenters. The van der Waals surface area contributed by atoms with Gasteiger partial charge in [0.1, 0.15) is 29.8 Å².